The summed E-state index contributed by atoms with van der Waals surface area (Å²) in [6, 6.07) is -0.452. The molecule has 1 aromatic rings. The zero-order valence-electron chi connectivity index (χ0n) is 12.2. The van der Waals surface area contributed by atoms with E-state index in [0.717, 1.165) is 25.8 Å². The molecule has 21 heavy (non-hydrogen) atoms. The smallest absolute Gasteiger partial charge is 0.318 e. The SMILES string of the molecule is CCn1cnnc1CNC(=O)N1CCCCC1CC(=O)O. The van der Waals surface area contributed by atoms with Crippen molar-refractivity contribution in [3.63, 3.8) is 0 Å². The van der Waals surface area contributed by atoms with Gasteiger partial charge in [0.1, 0.15) is 6.33 Å². The normalized spacial score (nSPS) is 18.5. The molecule has 2 N–H and O–H groups in total. The highest BCUT2D eigenvalue weighted by Gasteiger charge is 2.28. The van der Waals surface area contributed by atoms with Crippen molar-refractivity contribution in [3.05, 3.63) is 12.2 Å². The molecule has 8 heteroatoms. The van der Waals surface area contributed by atoms with Crippen molar-refractivity contribution < 1.29 is 14.7 Å². The number of aromatic nitrogens is 3. The standard InChI is InChI=1S/C13H21N5O3/c1-2-17-9-15-16-11(17)8-14-13(21)18-6-4-3-5-10(18)7-12(19)20/h9-10H,2-8H2,1H3,(H,14,21)(H,19,20). The fourth-order valence-corrected chi connectivity index (χ4v) is 2.62. The van der Waals surface area contributed by atoms with Gasteiger partial charge >= 0.3 is 12.0 Å². The van der Waals surface area contributed by atoms with Crippen molar-refractivity contribution in [1.29, 1.82) is 0 Å². The van der Waals surface area contributed by atoms with Gasteiger partial charge in [-0.05, 0) is 26.2 Å². The lowest BCUT2D eigenvalue weighted by molar-refractivity contribution is -0.138. The van der Waals surface area contributed by atoms with Crippen LogP contribution in [0.1, 0.15) is 38.4 Å². The predicted molar refractivity (Wildman–Crippen MR) is 74.5 cm³/mol. The van der Waals surface area contributed by atoms with E-state index in [1.165, 1.54) is 0 Å². The monoisotopic (exact) mass is 295 g/mol. The van der Waals surface area contributed by atoms with Crippen LogP contribution in [0, 0.1) is 0 Å². The highest BCUT2D eigenvalue weighted by atomic mass is 16.4. The van der Waals surface area contributed by atoms with E-state index < -0.39 is 5.97 Å². The zero-order valence-corrected chi connectivity index (χ0v) is 12.2. The summed E-state index contributed by atoms with van der Waals surface area (Å²) in [7, 11) is 0. The van der Waals surface area contributed by atoms with E-state index in [-0.39, 0.29) is 18.5 Å². The molecular formula is C13H21N5O3. The second-order valence-corrected chi connectivity index (χ2v) is 5.13. The maximum Gasteiger partial charge on any atom is 0.318 e. The molecule has 1 aliphatic heterocycles. The number of piperidine rings is 1. The zero-order chi connectivity index (χ0) is 15.2. The van der Waals surface area contributed by atoms with Crippen LogP contribution in [0.3, 0.4) is 0 Å². The number of carboxylic acids is 1. The molecule has 1 saturated heterocycles. The quantitative estimate of drug-likeness (QED) is 0.838. The number of amides is 2. The van der Waals surface area contributed by atoms with Crippen molar-refractivity contribution >= 4 is 12.0 Å². The molecule has 1 fully saturated rings. The molecule has 0 bridgehead atoms. The molecule has 1 aliphatic rings. The van der Waals surface area contributed by atoms with Crippen molar-refractivity contribution in [2.24, 2.45) is 0 Å². The molecule has 2 rings (SSSR count). The van der Waals surface area contributed by atoms with Crippen LogP contribution in [0.15, 0.2) is 6.33 Å². The summed E-state index contributed by atoms with van der Waals surface area (Å²) in [6.07, 6.45) is 4.24. The van der Waals surface area contributed by atoms with E-state index in [0.29, 0.717) is 18.9 Å². The van der Waals surface area contributed by atoms with Gasteiger partial charge in [0.05, 0.1) is 13.0 Å². The minimum atomic E-state index is -0.870. The first-order chi connectivity index (χ1) is 10.1. The molecule has 0 spiro atoms. The van der Waals surface area contributed by atoms with E-state index in [9.17, 15) is 9.59 Å². The first-order valence-corrected chi connectivity index (χ1v) is 7.24. The number of likely N-dealkylation sites (tertiary alicyclic amines) is 1. The van der Waals surface area contributed by atoms with Crippen LogP contribution >= 0.6 is 0 Å². The maximum absolute atomic E-state index is 12.2. The van der Waals surface area contributed by atoms with Gasteiger partial charge in [0.25, 0.3) is 0 Å². The number of aliphatic carboxylic acids is 1. The van der Waals surface area contributed by atoms with Gasteiger partial charge in [0, 0.05) is 19.1 Å². The average molecular weight is 295 g/mol. The summed E-state index contributed by atoms with van der Waals surface area (Å²) in [5.74, 6) is -0.178. The number of hydrogen-bond acceptors (Lipinski definition) is 4. The highest BCUT2D eigenvalue weighted by molar-refractivity contribution is 5.76. The molecule has 1 unspecified atom stereocenters. The minimum absolute atomic E-state index is 0.00143. The molecule has 116 valence electrons. The van der Waals surface area contributed by atoms with Crippen molar-refractivity contribution in [2.75, 3.05) is 6.54 Å². The molecular weight excluding hydrogens is 274 g/mol. The third-order valence-corrected chi connectivity index (χ3v) is 3.73. The number of carbonyl (C=O) groups excluding carboxylic acids is 1. The lowest BCUT2D eigenvalue weighted by Crippen LogP contribution is -2.49. The van der Waals surface area contributed by atoms with Crippen LogP contribution in [0.4, 0.5) is 4.79 Å². The number of aryl methyl sites for hydroxylation is 1. The van der Waals surface area contributed by atoms with E-state index in [1.54, 1.807) is 11.2 Å². The number of urea groups is 1. The van der Waals surface area contributed by atoms with E-state index in [4.69, 9.17) is 5.11 Å². The number of nitrogens with one attached hydrogen (secondary N) is 1. The molecule has 1 aromatic heterocycles. The molecule has 1 atom stereocenters. The summed E-state index contributed by atoms with van der Waals surface area (Å²) in [4.78, 5) is 24.8. The Morgan fingerprint density at radius 3 is 3.00 bits per heavy atom. The minimum Gasteiger partial charge on any atom is -0.481 e. The Morgan fingerprint density at radius 2 is 2.29 bits per heavy atom. The van der Waals surface area contributed by atoms with Crippen molar-refractivity contribution in [1.82, 2.24) is 25.0 Å². The van der Waals surface area contributed by atoms with Crippen molar-refractivity contribution in [2.45, 2.75) is 51.7 Å². The summed E-state index contributed by atoms with van der Waals surface area (Å²) >= 11 is 0. The number of hydrogen-bond donors (Lipinski definition) is 2. The van der Waals surface area contributed by atoms with Gasteiger partial charge in [-0.2, -0.15) is 0 Å². The molecule has 2 amide bonds. The third kappa shape index (κ3) is 3.93. The van der Waals surface area contributed by atoms with Crippen LogP contribution in [0.25, 0.3) is 0 Å². The first-order valence-electron chi connectivity index (χ1n) is 7.24. The molecule has 8 nitrogen and oxygen atoms in total. The van der Waals surface area contributed by atoms with Gasteiger partial charge in [0.2, 0.25) is 0 Å². The van der Waals surface area contributed by atoms with Crippen molar-refractivity contribution in [3.8, 4) is 0 Å². The van der Waals surface area contributed by atoms with Gasteiger partial charge in [-0.25, -0.2) is 4.79 Å². The van der Waals surface area contributed by atoms with Crippen LogP contribution in [0.2, 0.25) is 0 Å². The third-order valence-electron chi connectivity index (χ3n) is 3.73. The van der Waals surface area contributed by atoms with Crippen LogP contribution < -0.4 is 5.32 Å². The highest BCUT2D eigenvalue weighted by Crippen LogP contribution is 2.19. The number of rotatable bonds is 5. The second-order valence-electron chi connectivity index (χ2n) is 5.13. The Kier molecular flexibility index (Phi) is 5.13. The Balaban J connectivity index is 1.93. The fraction of sp³-hybridized carbons (Fsp3) is 0.692. The Morgan fingerprint density at radius 1 is 1.48 bits per heavy atom. The van der Waals surface area contributed by atoms with Crippen LogP contribution in [-0.4, -0.2) is 49.4 Å². The van der Waals surface area contributed by atoms with Gasteiger partial charge < -0.3 is 19.9 Å². The summed E-state index contributed by atoms with van der Waals surface area (Å²) in [5, 5.41) is 19.5. The molecule has 0 radical (unpaired) electrons. The number of carboxylic acid groups (broad SMARTS) is 1. The summed E-state index contributed by atoms with van der Waals surface area (Å²) < 4.78 is 1.85. The summed E-state index contributed by atoms with van der Waals surface area (Å²) in [5.41, 5.74) is 0. The lowest BCUT2D eigenvalue weighted by atomic mass is 10.00. The van der Waals surface area contributed by atoms with Gasteiger partial charge in [-0.15, -0.1) is 10.2 Å². The van der Waals surface area contributed by atoms with E-state index >= 15 is 0 Å². The molecule has 2 heterocycles. The Bertz CT molecular complexity index is 502. The lowest BCUT2D eigenvalue weighted by Gasteiger charge is -2.34. The fourth-order valence-electron chi connectivity index (χ4n) is 2.62. The molecule has 0 aliphatic carbocycles. The van der Waals surface area contributed by atoms with Crippen LogP contribution in [0.5, 0.6) is 0 Å². The largest absolute Gasteiger partial charge is 0.481 e. The van der Waals surface area contributed by atoms with Gasteiger partial charge in [0.15, 0.2) is 5.82 Å². The second kappa shape index (κ2) is 7.05. The summed E-state index contributed by atoms with van der Waals surface area (Å²) in [6.45, 7) is 3.61. The van der Waals surface area contributed by atoms with Crippen LogP contribution in [-0.2, 0) is 17.9 Å². The number of carbonyl (C=O) groups is 2. The van der Waals surface area contributed by atoms with E-state index in [1.807, 2.05) is 11.5 Å². The molecule has 0 aromatic carbocycles. The maximum atomic E-state index is 12.2. The predicted octanol–water partition coefficient (Wildman–Crippen LogP) is 0.837. The molecule has 0 saturated carbocycles. The Hall–Kier alpha value is -2.12. The number of nitrogens with zero attached hydrogens (tertiary/aromatic N) is 4. The average Bonchev–Trinajstić information content (AvgIpc) is 2.92. The first kappa shape index (κ1) is 15.3. The van der Waals surface area contributed by atoms with Gasteiger partial charge in [-0.1, -0.05) is 0 Å². The Labute approximate surface area is 123 Å². The van der Waals surface area contributed by atoms with E-state index in [2.05, 4.69) is 15.5 Å². The van der Waals surface area contributed by atoms with Gasteiger partial charge in [-0.3, -0.25) is 4.79 Å². The topological polar surface area (TPSA) is 100 Å².